The lowest BCUT2D eigenvalue weighted by Crippen LogP contribution is -2.17. The summed E-state index contributed by atoms with van der Waals surface area (Å²) in [4.78, 5) is 0. The molecule has 2 aromatic heterocycles. The van der Waals surface area contributed by atoms with E-state index in [0.29, 0.717) is 0 Å². The van der Waals surface area contributed by atoms with Gasteiger partial charge in [-0.05, 0) is 29.8 Å². The molecule has 3 aromatic rings. The number of halogens is 1. The zero-order chi connectivity index (χ0) is 13.8. The third kappa shape index (κ3) is 2.83. The van der Waals surface area contributed by atoms with Crippen LogP contribution in [0.25, 0.3) is 5.65 Å². The van der Waals surface area contributed by atoms with E-state index in [4.69, 9.17) is 0 Å². The number of nitrogens with zero attached hydrogens (tertiary/aromatic N) is 3. The largest absolute Gasteiger partial charge is 0.312 e. The Bertz CT molecular complexity index is 690. The van der Waals surface area contributed by atoms with Crippen LogP contribution >= 0.6 is 0 Å². The molecule has 0 aliphatic carbocycles. The van der Waals surface area contributed by atoms with Crippen LogP contribution in [0.15, 0.2) is 48.7 Å². The SMILES string of the molecule is Fc1ccc(CNCCc2nnc3ccccn23)cc1. The average molecular weight is 270 g/mol. The molecule has 102 valence electrons. The maximum atomic E-state index is 12.8. The Kier molecular flexibility index (Phi) is 3.69. The molecule has 4 nitrogen and oxygen atoms in total. The third-order valence-electron chi connectivity index (χ3n) is 3.15. The molecule has 0 saturated heterocycles. The van der Waals surface area contributed by atoms with E-state index in [2.05, 4.69) is 15.5 Å². The Hall–Kier alpha value is -2.27. The molecule has 0 spiro atoms. The van der Waals surface area contributed by atoms with Crippen LogP contribution in [0.1, 0.15) is 11.4 Å². The molecule has 3 rings (SSSR count). The summed E-state index contributed by atoms with van der Waals surface area (Å²) in [7, 11) is 0. The van der Waals surface area contributed by atoms with Gasteiger partial charge in [-0.2, -0.15) is 0 Å². The van der Waals surface area contributed by atoms with Crippen molar-refractivity contribution >= 4 is 5.65 Å². The summed E-state index contributed by atoms with van der Waals surface area (Å²) < 4.78 is 14.8. The molecular weight excluding hydrogens is 255 g/mol. The normalized spacial score (nSPS) is 11.1. The summed E-state index contributed by atoms with van der Waals surface area (Å²) >= 11 is 0. The van der Waals surface area contributed by atoms with Gasteiger partial charge in [0.2, 0.25) is 0 Å². The predicted molar refractivity (Wildman–Crippen MR) is 74.8 cm³/mol. The van der Waals surface area contributed by atoms with Gasteiger partial charge in [0.05, 0.1) is 0 Å². The number of fused-ring (bicyclic) bond motifs is 1. The van der Waals surface area contributed by atoms with Gasteiger partial charge in [0.1, 0.15) is 11.6 Å². The monoisotopic (exact) mass is 270 g/mol. The van der Waals surface area contributed by atoms with Crippen LogP contribution in [-0.2, 0) is 13.0 Å². The molecule has 0 aliphatic rings. The highest BCUT2D eigenvalue weighted by Crippen LogP contribution is 2.04. The van der Waals surface area contributed by atoms with E-state index in [1.54, 1.807) is 12.1 Å². The van der Waals surface area contributed by atoms with Gasteiger partial charge in [-0.15, -0.1) is 10.2 Å². The van der Waals surface area contributed by atoms with E-state index in [0.717, 1.165) is 36.5 Å². The summed E-state index contributed by atoms with van der Waals surface area (Å²) in [5, 5.41) is 11.6. The van der Waals surface area contributed by atoms with Crippen LogP contribution < -0.4 is 5.32 Å². The van der Waals surface area contributed by atoms with Gasteiger partial charge in [0, 0.05) is 25.7 Å². The smallest absolute Gasteiger partial charge is 0.160 e. The lowest BCUT2D eigenvalue weighted by atomic mass is 10.2. The topological polar surface area (TPSA) is 42.2 Å². The minimum absolute atomic E-state index is 0.205. The molecule has 5 heteroatoms. The lowest BCUT2D eigenvalue weighted by molar-refractivity contribution is 0.624. The van der Waals surface area contributed by atoms with E-state index in [1.807, 2.05) is 28.8 Å². The molecule has 0 radical (unpaired) electrons. The van der Waals surface area contributed by atoms with E-state index in [-0.39, 0.29) is 5.82 Å². The zero-order valence-corrected chi connectivity index (χ0v) is 11.0. The number of pyridine rings is 1. The number of benzene rings is 1. The molecule has 0 amide bonds. The molecule has 0 fully saturated rings. The molecule has 0 saturated carbocycles. The van der Waals surface area contributed by atoms with Gasteiger partial charge in [0.25, 0.3) is 0 Å². The first-order valence-electron chi connectivity index (χ1n) is 6.57. The lowest BCUT2D eigenvalue weighted by Gasteiger charge is -2.04. The maximum Gasteiger partial charge on any atom is 0.160 e. The Morgan fingerprint density at radius 1 is 1.05 bits per heavy atom. The third-order valence-corrected chi connectivity index (χ3v) is 3.15. The first-order valence-corrected chi connectivity index (χ1v) is 6.57. The van der Waals surface area contributed by atoms with Gasteiger partial charge < -0.3 is 5.32 Å². The Labute approximate surface area is 116 Å². The van der Waals surface area contributed by atoms with Crippen molar-refractivity contribution in [1.82, 2.24) is 19.9 Å². The first kappa shape index (κ1) is 12.7. The summed E-state index contributed by atoms with van der Waals surface area (Å²) in [6.45, 7) is 1.52. The second-order valence-corrected chi connectivity index (χ2v) is 4.60. The van der Waals surface area contributed by atoms with Gasteiger partial charge in [-0.3, -0.25) is 4.40 Å². The zero-order valence-electron chi connectivity index (χ0n) is 11.0. The molecule has 0 unspecified atom stereocenters. The van der Waals surface area contributed by atoms with Crippen molar-refractivity contribution < 1.29 is 4.39 Å². The summed E-state index contributed by atoms with van der Waals surface area (Å²) in [5.74, 6) is 0.732. The fourth-order valence-corrected chi connectivity index (χ4v) is 2.10. The first-order chi connectivity index (χ1) is 9.83. The molecule has 1 aromatic carbocycles. The molecule has 0 atom stereocenters. The van der Waals surface area contributed by atoms with Crippen molar-refractivity contribution in [3.63, 3.8) is 0 Å². The van der Waals surface area contributed by atoms with E-state index >= 15 is 0 Å². The fourth-order valence-electron chi connectivity index (χ4n) is 2.10. The number of hydrogen-bond acceptors (Lipinski definition) is 3. The van der Waals surface area contributed by atoms with Crippen molar-refractivity contribution in [3.8, 4) is 0 Å². The van der Waals surface area contributed by atoms with Crippen molar-refractivity contribution in [3.05, 3.63) is 65.9 Å². The van der Waals surface area contributed by atoms with Crippen LogP contribution in [-0.4, -0.2) is 21.1 Å². The van der Waals surface area contributed by atoms with Gasteiger partial charge in [-0.1, -0.05) is 18.2 Å². The highest BCUT2D eigenvalue weighted by Gasteiger charge is 2.03. The number of rotatable bonds is 5. The summed E-state index contributed by atoms with van der Waals surface area (Å²) in [5.41, 5.74) is 1.93. The predicted octanol–water partition coefficient (Wildman–Crippen LogP) is 2.20. The highest BCUT2D eigenvalue weighted by atomic mass is 19.1. The maximum absolute atomic E-state index is 12.8. The summed E-state index contributed by atoms with van der Waals surface area (Å²) in [6.07, 6.45) is 2.76. The van der Waals surface area contributed by atoms with Gasteiger partial charge in [0.15, 0.2) is 5.65 Å². The average Bonchev–Trinajstić information content (AvgIpc) is 2.89. The van der Waals surface area contributed by atoms with Crippen LogP contribution in [0.5, 0.6) is 0 Å². The highest BCUT2D eigenvalue weighted by molar-refractivity contribution is 5.37. The Morgan fingerprint density at radius 2 is 1.90 bits per heavy atom. The quantitative estimate of drug-likeness (QED) is 0.723. The van der Waals surface area contributed by atoms with Crippen LogP contribution in [0, 0.1) is 5.82 Å². The second kappa shape index (κ2) is 5.79. The Balaban J connectivity index is 1.54. The minimum Gasteiger partial charge on any atom is -0.312 e. The fraction of sp³-hybridized carbons (Fsp3) is 0.200. The molecule has 2 heterocycles. The number of hydrogen-bond donors (Lipinski definition) is 1. The van der Waals surface area contributed by atoms with Crippen molar-refractivity contribution in [2.45, 2.75) is 13.0 Å². The number of aromatic nitrogens is 3. The van der Waals surface area contributed by atoms with Crippen LogP contribution in [0.4, 0.5) is 4.39 Å². The molecule has 0 bridgehead atoms. The minimum atomic E-state index is -0.205. The standard InChI is InChI=1S/C15H15FN4/c16-13-6-4-12(5-7-13)11-17-9-8-15-19-18-14-3-1-2-10-20(14)15/h1-7,10,17H,8-9,11H2. The van der Waals surface area contributed by atoms with E-state index in [9.17, 15) is 4.39 Å². The van der Waals surface area contributed by atoms with Crippen LogP contribution in [0.3, 0.4) is 0 Å². The van der Waals surface area contributed by atoms with E-state index in [1.165, 1.54) is 12.1 Å². The molecule has 20 heavy (non-hydrogen) atoms. The molecule has 1 N–H and O–H groups in total. The van der Waals surface area contributed by atoms with E-state index < -0.39 is 0 Å². The van der Waals surface area contributed by atoms with Crippen molar-refractivity contribution in [2.24, 2.45) is 0 Å². The molecule has 0 aliphatic heterocycles. The Morgan fingerprint density at radius 3 is 2.75 bits per heavy atom. The molecular formula is C15H15FN4. The summed E-state index contributed by atoms with van der Waals surface area (Å²) in [6, 6.07) is 12.4. The second-order valence-electron chi connectivity index (χ2n) is 4.60. The van der Waals surface area contributed by atoms with Gasteiger partial charge >= 0.3 is 0 Å². The number of nitrogens with one attached hydrogen (secondary N) is 1. The van der Waals surface area contributed by atoms with Crippen molar-refractivity contribution in [2.75, 3.05) is 6.54 Å². The van der Waals surface area contributed by atoms with Gasteiger partial charge in [-0.25, -0.2) is 4.39 Å². The van der Waals surface area contributed by atoms with Crippen molar-refractivity contribution in [1.29, 1.82) is 0 Å². The van der Waals surface area contributed by atoms with Crippen LogP contribution in [0.2, 0.25) is 0 Å².